The van der Waals surface area contributed by atoms with E-state index in [4.69, 9.17) is 10.00 Å². The molecule has 0 saturated heterocycles. The SMILES string of the molecule is N#CCOc1cccc(NS(=O)(=O)c2ccn[nH]2)c1. The number of H-pyrrole nitrogens is 1. The zero-order valence-corrected chi connectivity index (χ0v) is 10.5. The van der Waals surface area contributed by atoms with Crippen molar-refractivity contribution in [1.29, 1.82) is 5.26 Å². The molecule has 0 saturated carbocycles. The van der Waals surface area contributed by atoms with Crippen LogP contribution in [0, 0.1) is 11.3 Å². The molecular weight excluding hydrogens is 268 g/mol. The molecule has 0 bridgehead atoms. The second-order valence-corrected chi connectivity index (χ2v) is 5.15. The summed E-state index contributed by atoms with van der Waals surface area (Å²) in [5.74, 6) is 0.409. The van der Waals surface area contributed by atoms with E-state index in [1.165, 1.54) is 18.3 Å². The van der Waals surface area contributed by atoms with Gasteiger partial charge >= 0.3 is 0 Å². The number of benzene rings is 1. The third-order valence-electron chi connectivity index (χ3n) is 2.15. The lowest BCUT2D eigenvalue weighted by Gasteiger charge is -2.08. The van der Waals surface area contributed by atoms with Gasteiger partial charge in [0, 0.05) is 6.07 Å². The number of hydrogen-bond donors (Lipinski definition) is 2. The summed E-state index contributed by atoms with van der Waals surface area (Å²) in [5, 5.41) is 14.3. The molecule has 1 aromatic heterocycles. The summed E-state index contributed by atoms with van der Waals surface area (Å²) in [6.45, 7) is -0.100. The van der Waals surface area contributed by atoms with Gasteiger partial charge in [-0.15, -0.1) is 0 Å². The maximum absolute atomic E-state index is 11.9. The predicted molar refractivity (Wildman–Crippen MR) is 66.9 cm³/mol. The zero-order valence-electron chi connectivity index (χ0n) is 9.70. The van der Waals surface area contributed by atoms with Crippen LogP contribution in [-0.2, 0) is 10.0 Å². The minimum atomic E-state index is -3.70. The summed E-state index contributed by atoms with van der Waals surface area (Å²) in [6.07, 6.45) is 1.35. The number of rotatable bonds is 5. The highest BCUT2D eigenvalue weighted by atomic mass is 32.2. The average Bonchev–Trinajstić information content (AvgIpc) is 2.91. The fourth-order valence-corrected chi connectivity index (χ4v) is 2.33. The first-order chi connectivity index (χ1) is 9.12. The van der Waals surface area contributed by atoms with Gasteiger partial charge in [0.05, 0.1) is 11.9 Å². The summed E-state index contributed by atoms with van der Waals surface area (Å²) in [6, 6.07) is 9.50. The highest BCUT2D eigenvalue weighted by Crippen LogP contribution is 2.19. The summed E-state index contributed by atoms with van der Waals surface area (Å²) in [5.41, 5.74) is 0.338. The Kier molecular flexibility index (Phi) is 3.68. The summed E-state index contributed by atoms with van der Waals surface area (Å²) >= 11 is 0. The Morgan fingerprint density at radius 1 is 1.42 bits per heavy atom. The number of sulfonamides is 1. The molecule has 0 atom stereocenters. The van der Waals surface area contributed by atoms with Gasteiger partial charge in [-0.05, 0) is 18.2 Å². The van der Waals surface area contributed by atoms with Crippen LogP contribution in [0.3, 0.4) is 0 Å². The third kappa shape index (κ3) is 3.23. The average molecular weight is 278 g/mol. The van der Waals surface area contributed by atoms with Gasteiger partial charge in [-0.3, -0.25) is 9.82 Å². The van der Waals surface area contributed by atoms with Gasteiger partial charge in [0.25, 0.3) is 10.0 Å². The molecule has 0 spiro atoms. The maximum atomic E-state index is 11.9. The largest absolute Gasteiger partial charge is 0.479 e. The summed E-state index contributed by atoms with van der Waals surface area (Å²) in [7, 11) is -3.70. The van der Waals surface area contributed by atoms with E-state index in [0.29, 0.717) is 11.4 Å². The lowest BCUT2D eigenvalue weighted by atomic mass is 10.3. The van der Waals surface area contributed by atoms with E-state index in [1.807, 2.05) is 6.07 Å². The Bertz CT molecular complexity index is 689. The van der Waals surface area contributed by atoms with Gasteiger partial charge in [0.15, 0.2) is 11.6 Å². The number of ether oxygens (including phenoxy) is 1. The molecule has 8 heteroatoms. The van der Waals surface area contributed by atoms with Crippen LogP contribution in [0.15, 0.2) is 41.6 Å². The van der Waals surface area contributed by atoms with Crippen molar-refractivity contribution in [2.24, 2.45) is 0 Å². The van der Waals surface area contributed by atoms with Crippen molar-refractivity contribution in [3.05, 3.63) is 36.5 Å². The molecule has 2 rings (SSSR count). The van der Waals surface area contributed by atoms with Crippen molar-refractivity contribution < 1.29 is 13.2 Å². The molecule has 7 nitrogen and oxygen atoms in total. The number of nitriles is 1. The molecule has 0 aliphatic carbocycles. The first-order valence-electron chi connectivity index (χ1n) is 5.24. The molecule has 0 aliphatic rings. The number of anilines is 1. The Morgan fingerprint density at radius 3 is 2.95 bits per heavy atom. The topological polar surface area (TPSA) is 108 Å². The molecule has 0 unspecified atom stereocenters. The first kappa shape index (κ1) is 12.9. The molecule has 19 heavy (non-hydrogen) atoms. The van der Waals surface area contributed by atoms with Gasteiger partial charge in [0.1, 0.15) is 11.8 Å². The van der Waals surface area contributed by atoms with Crippen LogP contribution < -0.4 is 9.46 Å². The lowest BCUT2D eigenvalue weighted by Crippen LogP contribution is -2.13. The molecule has 1 heterocycles. The van der Waals surface area contributed by atoms with Gasteiger partial charge in [0.2, 0.25) is 0 Å². The first-order valence-corrected chi connectivity index (χ1v) is 6.72. The number of nitrogens with zero attached hydrogens (tertiary/aromatic N) is 2. The standard InChI is InChI=1S/C11H10N4O3S/c12-5-7-18-10-3-1-2-9(8-10)15-19(16,17)11-4-6-13-14-11/h1-4,6,8,15H,7H2,(H,13,14). The Labute approximate surface area is 109 Å². The van der Waals surface area contributed by atoms with Crippen LogP contribution in [0.1, 0.15) is 0 Å². The van der Waals surface area contributed by atoms with Crippen molar-refractivity contribution in [2.45, 2.75) is 5.03 Å². The van der Waals surface area contributed by atoms with Crippen LogP contribution in [-0.4, -0.2) is 25.2 Å². The summed E-state index contributed by atoms with van der Waals surface area (Å²) in [4.78, 5) is 0. The summed E-state index contributed by atoms with van der Waals surface area (Å²) < 4.78 is 31.3. The van der Waals surface area contributed by atoms with Gasteiger partial charge < -0.3 is 4.74 Å². The van der Waals surface area contributed by atoms with Crippen molar-refractivity contribution in [3.63, 3.8) is 0 Å². The minimum Gasteiger partial charge on any atom is -0.479 e. The zero-order chi connectivity index (χ0) is 13.7. The smallest absolute Gasteiger partial charge is 0.278 e. The van der Waals surface area contributed by atoms with Crippen molar-refractivity contribution in [2.75, 3.05) is 11.3 Å². The quantitative estimate of drug-likeness (QED) is 0.851. The predicted octanol–water partition coefficient (Wildman–Crippen LogP) is 1.11. The molecule has 0 radical (unpaired) electrons. The molecule has 2 N–H and O–H groups in total. The van der Waals surface area contributed by atoms with E-state index in [9.17, 15) is 8.42 Å². The number of aromatic amines is 1. The van der Waals surface area contributed by atoms with Crippen LogP contribution >= 0.6 is 0 Å². The van der Waals surface area contributed by atoms with Crippen molar-refractivity contribution in [3.8, 4) is 11.8 Å². The Balaban J connectivity index is 2.18. The highest BCUT2D eigenvalue weighted by molar-refractivity contribution is 7.92. The van der Waals surface area contributed by atoms with E-state index < -0.39 is 10.0 Å². The second kappa shape index (κ2) is 5.41. The number of nitrogens with one attached hydrogen (secondary N) is 2. The molecule has 0 amide bonds. The number of hydrogen-bond acceptors (Lipinski definition) is 5. The highest BCUT2D eigenvalue weighted by Gasteiger charge is 2.15. The van der Waals surface area contributed by atoms with E-state index >= 15 is 0 Å². The van der Waals surface area contributed by atoms with Crippen LogP contribution in [0.2, 0.25) is 0 Å². The molecular formula is C11H10N4O3S. The number of aromatic nitrogens is 2. The molecule has 0 fully saturated rings. The van der Waals surface area contributed by atoms with Gasteiger partial charge in [-0.2, -0.15) is 18.8 Å². The molecule has 1 aromatic carbocycles. The van der Waals surface area contributed by atoms with Crippen molar-refractivity contribution in [1.82, 2.24) is 10.2 Å². The normalized spacial score (nSPS) is 10.7. The lowest BCUT2D eigenvalue weighted by molar-refractivity contribution is 0.368. The maximum Gasteiger partial charge on any atom is 0.278 e. The van der Waals surface area contributed by atoms with Gasteiger partial charge in [-0.1, -0.05) is 6.07 Å². The Morgan fingerprint density at radius 2 is 2.26 bits per heavy atom. The molecule has 2 aromatic rings. The van der Waals surface area contributed by atoms with Crippen LogP contribution in [0.25, 0.3) is 0 Å². The molecule has 0 aliphatic heterocycles. The molecule has 98 valence electrons. The van der Waals surface area contributed by atoms with E-state index in [1.54, 1.807) is 18.2 Å². The van der Waals surface area contributed by atoms with Crippen LogP contribution in [0.4, 0.5) is 5.69 Å². The van der Waals surface area contributed by atoms with E-state index in [-0.39, 0.29) is 11.6 Å². The van der Waals surface area contributed by atoms with E-state index in [2.05, 4.69) is 14.9 Å². The third-order valence-corrected chi connectivity index (χ3v) is 3.47. The fourth-order valence-electron chi connectivity index (χ4n) is 1.37. The fraction of sp³-hybridized carbons (Fsp3) is 0.0909. The van der Waals surface area contributed by atoms with Crippen LogP contribution in [0.5, 0.6) is 5.75 Å². The second-order valence-electron chi connectivity index (χ2n) is 3.50. The monoisotopic (exact) mass is 278 g/mol. The van der Waals surface area contributed by atoms with Gasteiger partial charge in [-0.25, -0.2) is 0 Å². The Hall–Kier alpha value is -2.53. The minimum absolute atomic E-state index is 0.0316. The van der Waals surface area contributed by atoms with E-state index in [0.717, 1.165) is 0 Å². The van der Waals surface area contributed by atoms with Crippen molar-refractivity contribution >= 4 is 15.7 Å².